The summed E-state index contributed by atoms with van der Waals surface area (Å²) in [5.74, 6) is 0. The monoisotopic (exact) mass is 187 g/mol. The van der Waals surface area contributed by atoms with Gasteiger partial charge in [0.05, 0.1) is 18.2 Å². The van der Waals surface area contributed by atoms with Crippen LogP contribution in [0.3, 0.4) is 0 Å². The summed E-state index contributed by atoms with van der Waals surface area (Å²) < 4.78 is 4.90. The fraction of sp³-hybridized carbons (Fsp3) is 0.889. The molecule has 1 aliphatic carbocycles. The Morgan fingerprint density at radius 2 is 2.23 bits per heavy atom. The van der Waals surface area contributed by atoms with Gasteiger partial charge in [0, 0.05) is 0 Å². The molecule has 76 valence electrons. The molecule has 0 radical (unpaired) electrons. The molecule has 0 aromatic rings. The van der Waals surface area contributed by atoms with Gasteiger partial charge in [0.25, 0.3) is 0 Å². The quantitative estimate of drug-likeness (QED) is 0.679. The molecule has 1 fully saturated rings. The molecule has 0 aromatic heterocycles. The van der Waals surface area contributed by atoms with Crippen molar-refractivity contribution < 1.29 is 14.6 Å². The van der Waals surface area contributed by atoms with Gasteiger partial charge in [-0.05, 0) is 33.1 Å². The first-order valence-corrected chi connectivity index (χ1v) is 4.75. The van der Waals surface area contributed by atoms with Crippen LogP contribution in [-0.4, -0.2) is 29.4 Å². The zero-order chi connectivity index (χ0) is 9.84. The van der Waals surface area contributed by atoms with Crippen molar-refractivity contribution in [3.63, 3.8) is 0 Å². The number of alkyl carbamates (subject to hydrolysis) is 1. The van der Waals surface area contributed by atoms with Crippen molar-refractivity contribution in [2.75, 3.05) is 0 Å². The van der Waals surface area contributed by atoms with E-state index in [0.717, 1.165) is 19.3 Å². The standard InChI is InChI=1S/C9H17NO3/c1-6(2)13-9(12)10-7-4-3-5-8(7)11/h6-8,11H,3-5H2,1-2H3,(H,10,12)/t7-,8-/m1/s1. The molecule has 0 spiro atoms. The van der Waals surface area contributed by atoms with Crippen LogP contribution in [0.15, 0.2) is 0 Å². The average molecular weight is 187 g/mol. The van der Waals surface area contributed by atoms with Gasteiger partial charge < -0.3 is 15.2 Å². The van der Waals surface area contributed by atoms with E-state index in [4.69, 9.17) is 4.74 Å². The van der Waals surface area contributed by atoms with Crippen LogP contribution < -0.4 is 5.32 Å². The molecule has 2 N–H and O–H groups in total. The Hall–Kier alpha value is -0.770. The van der Waals surface area contributed by atoms with Gasteiger partial charge in [0.1, 0.15) is 0 Å². The smallest absolute Gasteiger partial charge is 0.407 e. The maximum atomic E-state index is 11.1. The van der Waals surface area contributed by atoms with Gasteiger partial charge >= 0.3 is 6.09 Å². The number of nitrogens with one attached hydrogen (secondary N) is 1. The first kappa shape index (κ1) is 10.3. The van der Waals surface area contributed by atoms with Crippen molar-refractivity contribution >= 4 is 6.09 Å². The highest BCUT2D eigenvalue weighted by Crippen LogP contribution is 2.18. The minimum Gasteiger partial charge on any atom is -0.447 e. The van der Waals surface area contributed by atoms with Crippen molar-refractivity contribution in [1.29, 1.82) is 0 Å². The predicted molar refractivity (Wildman–Crippen MR) is 48.4 cm³/mol. The summed E-state index contributed by atoms with van der Waals surface area (Å²) in [6.45, 7) is 3.59. The molecule has 1 amide bonds. The lowest BCUT2D eigenvalue weighted by Gasteiger charge is -2.17. The lowest BCUT2D eigenvalue weighted by molar-refractivity contribution is 0.0970. The average Bonchev–Trinajstić information content (AvgIpc) is 2.34. The third-order valence-corrected chi connectivity index (χ3v) is 2.13. The molecule has 4 nitrogen and oxygen atoms in total. The fourth-order valence-electron chi connectivity index (χ4n) is 1.51. The van der Waals surface area contributed by atoms with E-state index in [9.17, 15) is 9.90 Å². The van der Waals surface area contributed by atoms with Crippen LogP contribution in [0.5, 0.6) is 0 Å². The Balaban J connectivity index is 2.27. The normalized spacial score (nSPS) is 27.7. The SMILES string of the molecule is CC(C)OC(=O)N[C@@H]1CCC[C@H]1O. The Morgan fingerprint density at radius 1 is 1.54 bits per heavy atom. The minimum atomic E-state index is -0.430. The largest absolute Gasteiger partial charge is 0.447 e. The number of ether oxygens (including phenoxy) is 1. The molecule has 1 saturated carbocycles. The van der Waals surface area contributed by atoms with Crippen LogP contribution in [0, 0.1) is 0 Å². The topological polar surface area (TPSA) is 58.6 Å². The number of carbonyl (C=O) groups is 1. The number of carbonyl (C=O) groups excluding carboxylic acids is 1. The Morgan fingerprint density at radius 3 is 2.69 bits per heavy atom. The molecule has 1 aliphatic rings. The summed E-state index contributed by atoms with van der Waals surface area (Å²) in [5.41, 5.74) is 0. The minimum absolute atomic E-state index is 0.112. The van der Waals surface area contributed by atoms with E-state index in [0.29, 0.717) is 0 Å². The number of rotatable bonds is 2. The second-order valence-electron chi connectivity index (χ2n) is 3.70. The molecule has 0 aromatic carbocycles. The highest BCUT2D eigenvalue weighted by Gasteiger charge is 2.27. The van der Waals surface area contributed by atoms with E-state index in [1.54, 1.807) is 13.8 Å². The molecule has 0 saturated heterocycles. The first-order chi connectivity index (χ1) is 6.09. The summed E-state index contributed by atoms with van der Waals surface area (Å²) in [6.07, 6.45) is 1.63. The summed E-state index contributed by atoms with van der Waals surface area (Å²) in [5, 5.41) is 12.1. The Labute approximate surface area is 78.3 Å². The number of amides is 1. The van der Waals surface area contributed by atoms with Crippen LogP contribution >= 0.6 is 0 Å². The fourth-order valence-corrected chi connectivity index (χ4v) is 1.51. The van der Waals surface area contributed by atoms with Crippen molar-refractivity contribution in [2.24, 2.45) is 0 Å². The molecule has 13 heavy (non-hydrogen) atoms. The number of hydrogen-bond acceptors (Lipinski definition) is 3. The van der Waals surface area contributed by atoms with Crippen molar-refractivity contribution in [2.45, 2.75) is 51.4 Å². The number of aliphatic hydroxyl groups is 1. The predicted octanol–water partition coefficient (Wildman–Crippen LogP) is 1.03. The Kier molecular flexibility index (Phi) is 3.54. The molecule has 1 rings (SSSR count). The molecular weight excluding hydrogens is 170 g/mol. The first-order valence-electron chi connectivity index (χ1n) is 4.75. The van der Waals surface area contributed by atoms with Crippen LogP contribution in [0.2, 0.25) is 0 Å². The second kappa shape index (κ2) is 4.46. The molecule has 2 atom stereocenters. The van der Waals surface area contributed by atoms with Crippen molar-refractivity contribution in [3.8, 4) is 0 Å². The number of hydrogen-bond donors (Lipinski definition) is 2. The summed E-state index contributed by atoms with van der Waals surface area (Å²) in [6, 6.07) is -0.119. The summed E-state index contributed by atoms with van der Waals surface area (Å²) >= 11 is 0. The lowest BCUT2D eigenvalue weighted by atomic mass is 10.2. The van der Waals surface area contributed by atoms with Crippen LogP contribution in [-0.2, 0) is 4.74 Å². The molecule has 0 aliphatic heterocycles. The third kappa shape index (κ3) is 3.22. The zero-order valence-electron chi connectivity index (χ0n) is 8.12. The third-order valence-electron chi connectivity index (χ3n) is 2.13. The van der Waals surface area contributed by atoms with Crippen LogP contribution in [0.1, 0.15) is 33.1 Å². The van der Waals surface area contributed by atoms with Gasteiger partial charge in [-0.1, -0.05) is 0 Å². The molecule has 0 heterocycles. The van der Waals surface area contributed by atoms with E-state index < -0.39 is 12.2 Å². The van der Waals surface area contributed by atoms with E-state index >= 15 is 0 Å². The van der Waals surface area contributed by atoms with E-state index in [2.05, 4.69) is 5.32 Å². The van der Waals surface area contributed by atoms with Gasteiger partial charge in [0.15, 0.2) is 0 Å². The van der Waals surface area contributed by atoms with E-state index in [1.165, 1.54) is 0 Å². The highest BCUT2D eigenvalue weighted by molar-refractivity contribution is 5.67. The van der Waals surface area contributed by atoms with Crippen molar-refractivity contribution in [3.05, 3.63) is 0 Å². The van der Waals surface area contributed by atoms with Gasteiger partial charge in [-0.15, -0.1) is 0 Å². The zero-order valence-corrected chi connectivity index (χ0v) is 8.12. The van der Waals surface area contributed by atoms with Crippen molar-refractivity contribution in [1.82, 2.24) is 5.32 Å². The second-order valence-corrected chi connectivity index (χ2v) is 3.70. The summed E-state index contributed by atoms with van der Waals surface area (Å²) in [4.78, 5) is 11.1. The summed E-state index contributed by atoms with van der Waals surface area (Å²) in [7, 11) is 0. The molecule has 4 heteroatoms. The maximum Gasteiger partial charge on any atom is 0.407 e. The molecule has 0 unspecified atom stereocenters. The van der Waals surface area contributed by atoms with Gasteiger partial charge in [-0.25, -0.2) is 4.79 Å². The van der Waals surface area contributed by atoms with Gasteiger partial charge in [-0.3, -0.25) is 0 Å². The highest BCUT2D eigenvalue weighted by atomic mass is 16.6. The Bertz CT molecular complexity index is 182. The number of aliphatic hydroxyl groups excluding tert-OH is 1. The molecular formula is C9H17NO3. The van der Waals surface area contributed by atoms with Crippen LogP contribution in [0.4, 0.5) is 4.79 Å². The maximum absolute atomic E-state index is 11.1. The van der Waals surface area contributed by atoms with Gasteiger partial charge in [0.2, 0.25) is 0 Å². The van der Waals surface area contributed by atoms with E-state index in [1.807, 2.05) is 0 Å². The van der Waals surface area contributed by atoms with Crippen LogP contribution in [0.25, 0.3) is 0 Å². The lowest BCUT2D eigenvalue weighted by Crippen LogP contribution is -2.40. The molecule has 0 bridgehead atoms. The van der Waals surface area contributed by atoms with E-state index in [-0.39, 0.29) is 12.1 Å². The van der Waals surface area contributed by atoms with Gasteiger partial charge in [-0.2, -0.15) is 0 Å².